The van der Waals surface area contributed by atoms with Crippen LogP contribution in [0.25, 0.3) is 0 Å². The number of nitrogens with zero attached hydrogens (tertiary/aromatic N) is 1. The molecule has 0 unspecified atom stereocenters. The molecule has 1 fully saturated rings. The van der Waals surface area contributed by atoms with Crippen molar-refractivity contribution < 1.29 is 5.11 Å². The van der Waals surface area contributed by atoms with Crippen LogP contribution in [0.4, 0.5) is 0 Å². The fraction of sp³-hybridized carbons (Fsp3) is 0.667. The van der Waals surface area contributed by atoms with Crippen LogP contribution in [0.15, 0.2) is 23.4 Å². The second-order valence-electron chi connectivity index (χ2n) is 4.52. The molecule has 2 nitrogen and oxygen atoms in total. The molecule has 2 heteroatoms. The Labute approximate surface area is 86.9 Å². The number of allylic oxidation sites excluding steroid dienone is 3. The van der Waals surface area contributed by atoms with Crippen molar-refractivity contribution >= 4 is 0 Å². The zero-order chi connectivity index (χ0) is 10.9. The molecular formula is C12H21NO. The number of hydrogen-bond acceptors (Lipinski definition) is 2. The van der Waals surface area contributed by atoms with Crippen molar-refractivity contribution in [1.29, 1.82) is 0 Å². The summed E-state index contributed by atoms with van der Waals surface area (Å²) >= 11 is 0. The van der Waals surface area contributed by atoms with Crippen molar-refractivity contribution in [1.82, 2.24) is 4.90 Å². The van der Waals surface area contributed by atoms with Gasteiger partial charge in [0.2, 0.25) is 0 Å². The smallest absolute Gasteiger partial charge is 0.0967 e. The van der Waals surface area contributed by atoms with Gasteiger partial charge in [0, 0.05) is 18.8 Å². The van der Waals surface area contributed by atoms with Crippen LogP contribution in [0.1, 0.15) is 34.1 Å². The summed E-state index contributed by atoms with van der Waals surface area (Å²) in [5, 5.41) is 9.62. The molecule has 0 aromatic carbocycles. The first kappa shape index (κ1) is 11.3. The first-order chi connectivity index (χ1) is 6.37. The van der Waals surface area contributed by atoms with E-state index in [1.54, 1.807) is 0 Å². The Morgan fingerprint density at radius 3 is 2.29 bits per heavy atom. The van der Waals surface area contributed by atoms with Crippen LogP contribution in [0.5, 0.6) is 0 Å². The largest absolute Gasteiger partial charge is 0.386 e. The summed E-state index contributed by atoms with van der Waals surface area (Å²) in [6.45, 7) is 13.7. The summed E-state index contributed by atoms with van der Waals surface area (Å²) in [6.07, 6.45) is 0.993. The highest BCUT2D eigenvalue weighted by molar-refractivity contribution is 5.31. The average molecular weight is 195 g/mol. The van der Waals surface area contributed by atoms with Gasteiger partial charge in [-0.3, -0.25) is 0 Å². The quantitative estimate of drug-likeness (QED) is 0.699. The molecule has 1 heterocycles. The highest BCUT2D eigenvalue weighted by atomic mass is 16.3. The van der Waals surface area contributed by atoms with Gasteiger partial charge in [0.1, 0.15) is 0 Å². The lowest BCUT2D eigenvalue weighted by Crippen LogP contribution is -2.58. The van der Waals surface area contributed by atoms with Gasteiger partial charge >= 0.3 is 0 Å². The lowest BCUT2D eigenvalue weighted by atomic mass is 9.94. The molecule has 0 aromatic heterocycles. The normalized spacial score (nSPS) is 21.4. The van der Waals surface area contributed by atoms with E-state index >= 15 is 0 Å². The monoisotopic (exact) mass is 195 g/mol. The van der Waals surface area contributed by atoms with Crippen LogP contribution in [-0.4, -0.2) is 28.7 Å². The van der Waals surface area contributed by atoms with Crippen molar-refractivity contribution in [2.45, 2.75) is 39.7 Å². The molecule has 1 aliphatic rings. The third-order valence-electron chi connectivity index (χ3n) is 3.04. The molecule has 0 atom stereocenters. The second-order valence-corrected chi connectivity index (χ2v) is 4.52. The average Bonchev–Trinajstić information content (AvgIpc) is 2.10. The number of β-amino-alcohol motifs (C(OH)–C–C–N with tert-alkyl or cyclic N) is 1. The Morgan fingerprint density at radius 2 is 1.93 bits per heavy atom. The second kappa shape index (κ2) is 3.77. The summed E-state index contributed by atoms with van der Waals surface area (Å²) in [5.41, 5.74) is 3.22. The van der Waals surface area contributed by atoms with Crippen LogP contribution in [-0.2, 0) is 0 Å². The van der Waals surface area contributed by atoms with Crippen molar-refractivity contribution in [2.75, 3.05) is 13.1 Å². The molecule has 1 N–H and O–H groups in total. The van der Waals surface area contributed by atoms with Crippen LogP contribution in [0.2, 0.25) is 0 Å². The zero-order valence-electron chi connectivity index (χ0n) is 9.72. The van der Waals surface area contributed by atoms with Gasteiger partial charge in [-0.15, -0.1) is 0 Å². The van der Waals surface area contributed by atoms with E-state index in [0.717, 1.165) is 19.5 Å². The fourth-order valence-electron chi connectivity index (χ4n) is 1.77. The highest BCUT2D eigenvalue weighted by Crippen LogP contribution is 2.27. The van der Waals surface area contributed by atoms with Gasteiger partial charge < -0.3 is 10.0 Å². The summed E-state index contributed by atoms with van der Waals surface area (Å²) in [6, 6.07) is 0. The molecule has 14 heavy (non-hydrogen) atoms. The number of aliphatic hydroxyl groups is 1. The maximum atomic E-state index is 9.62. The molecule has 80 valence electrons. The highest BCUT2D eigenvalue weighted by Gasteiger charge is 2.36. The third-order valence-corrected chi connectivity index (χ3v) is 3.04. The van der Waals surface area contributed by atoms with Crippen molar-refractivity contribution in [3.8, 4) is 0 Å². The minimum absolute atomic E-state index is 0.491. The lowest BCUT2D eigenvalue weighted by Gasteiger charge is -2.47. The van der Waals surface area contributed by atoms with Crippen molar-refractivity contribution in [3.63, 3.8) is 0 Å². The maximum absolute atomic E-state index is 9.62. The van der Waals surface area contributed by atoms with Gasteiger partial charge in [0.05, 0.1) is 5.60 Å². The predicted octanol–water partition coefficient (Wildman–Crippen LogP) is 2.31. The Balaban J connectivity index is 2.66. The van der Waals surface area contributed by atoms with E-state index in [4.69, 9.17) is 0 Å². The molecular weight excluding hydrogens is 174 g/mol. The molecule has 1 saturated heterocycles. The molecule has 0 aromatic rings. The predicted molar refractivity (Wildman–Crippen MR) is 60.0 cm³/mol. The molecule has 1 aliphatic heterocycles. The fourth-order valence-corrected chi connectivity index (χ4v) is 1.77. The molecule has 0 radical (unpaired) electrons. The van der Waals surface area contributed by atoms with Crippen LogP contribution in [0, 0.1) is 0 Å². The van der Waals surface area contributed by atoms with Crippen molar-refractivity contribution in [2.24, 2.45) is 0 Å². The van der Waals surface area contributed by atoms with Crippen LogP contribution < -0.4 is 0 Å². The van der Waals surface area contributed by atoms with E-state index in [1.807, 2.05) is 6.92 Å². The van der Waals surface area contributed by atoms with E-state index in [2.05, 4.69) is 32.3 Å². The van der Waals surface area contributed by atoms with E-state index in [1.165, 1.54) is 16.8 Å². The summed E-state index contributed by atoms with van der Waals surface area (Å²) in [5.74, 6) is 0. The molecule has 0 aliphatic carbocycles. The molecule has 0 bridgehead atoms. The minimum atomic E-state index is -0.491. The number of hydrogen-bond donors (Lipinski definition) is 1. The molecule has 0 amide bonds. The molecule has 0 spiro atoms. The van der Waals surface area contributed by atoms with E-state index < -0.39 is 5.60 Å². The lowest BCUT2D eigenvalue weighted by molar-refractivity contribution is -0.0667. The van der Waals surface area contributed by atoms with Gasteiger partial charge in [-0.05, 0) is 32.8 Å². The Morgan fingerprint density at radius 1 is 1.43 bits per heavy atom. The van der Waals surface area contributed by atoms with Gasteiger partial charge in [0.15, 0.2) is 0 Å². The number of likely N-dealkylation sites (tertiary alicyclic amines) is 1. The van der Waals surface area contributed by atoms with E-state index in [0.29, 0.717) is 0 Å². The van der Waals surface area contributed by atoms with Gasteiger partial charge in [-0.25, -0.2) is 0 Å². The Bertz CT molecular complexity index is 268. The van der Waals surface area contributed by atoms with E-state index in [-0.39, 0.29) is 0 Å². The standard InChI is InChI=1S/C12H21NO/c1-6-9(2)10(3)11(4)13-7-12(5,14)8-13/h14H,2,6-8H2,1,3-5H3. The van der Waals surface area contributed by atoms with E-state index in [9.17, 15) is 5.11 Å². The van der Waals surface area contributed by atoms with Crippen LogP contribution >= 0.6 is 0 Å². The van der Waals surface area contributed by atoms with Gasteiger partial charge in [-0.1, -0.05) is 19.1 Å². The summed E-state index contributed by atoms with van der Waals surface area (Å²) in [7, 11) is 0. The van der Waals surface area contributed by atoms with Gasteiger partial charge in [0.25, 0.3) is 0 Å². The first-order valence-electron chi connectivity index (χ1n) is 5.20. The Hall–Kier alpha value is -0.760. The maximum Gasteiger partial charge on any atom is 0.0967 e. The number of rotatable bonds is 3. The first-order valence-corrected chi connectivity index (χ1v) is 5.20. The molecule has 1 rings (SSSR count). The Kier molecular flexibility index (Phi) is 3.05. The van der Waals surface area contributed by atoms with Gasteiger partial charge in [-0.2, -0.15) is 0 Å². The SMILES string of the molecule is C=C(CC)C(C)=C(C)N1CC(C)(O)C1. The zero-order valence-corrected chi connectivity index (χ0v) is 9.72. The van der Waals surface area contributed by atoms with Crippen LogP contribution in [0.3, 0.4) is 0 Å². The summed E-state index contributed by atoms with van der Waals surface area (Å²) < 4.78 is 0. The molecule has 0 saturated carbocycles. The summed E-state index contributed by atoms with van der Waals surface area (Å²) in [4.78, 5) is 2.20. The minimum Gasteiger partial charge on any atom is -0.386 e. The topological polar surface area (TPSA) is 23.5 Å². The van der Waals surface area contributed by atoms with Crippen molar-refractivity contribution in [3.05, 3.63) is 23.4 Å². The third kappa shape index (κ3) is 2.18.